The Kier molecular flexibility index (Phi) is 4.67. The number of rotatable bonds is 6. The predicted octanol–water partition coefficient (Wildman–Crippen LogP) is 2.91. The molecule has 2 heterocycles. The van der Waals surface area contributed by atoms with Crippen LogP contribution in [0, 0.1) is 0 Å². The van der Waals surface area contributed by atoms with E-state index in [2.05, 4.69) is 58.5 Å². The normalized spacial score (nSPS) is 12.9. The summed E-state index contributed by atoms with van der Waals surface area (Å²) in [6, 6.07) is 8.70. The van der Waals surface area contributed by atoms with Gasteiger partial charge >= 0.3 is 0 Å². The van der Waals surface area contributed by atoms with Crippen LogP contribution in [-0.4, -0.2) is 37.5 Å². The maximum Gasteiger partial charge on any atom is 0.124 e. The molecule has 3 rings (SSSR count). The molecule has 0 fully saturated rings. The molecule has 120 valence electrons. The van der Waals surface area contributed by atoms with Gasteiger partial charge in [-0.3, -0.25) is 14.9 Å². The van der Waals surface area contributed by atoms with Crippen molar-refractivity contribution in [3.8, 4) is 0 Å². The van der Waals surface area contributed by atoms with Gasteiger partial charge in [0.1, 0.15) is 5.82 Å². The zero-order chi connectivity index (χ0) is 16.2. The third-order valence-electron chi connectivity index (χ3n) is 4.31. The van der Waals surface area contributed by atoms with Crippen molar-refractivity contribution in [2.24, 2.45) is 0 Å². The number of likely N-dealkylation sites (N-methyl/N-ethyl adjacent to an activating group) is 1. The van der Waals surface area contributed by atoms with Gasteiger partial charge in [-0.05, 0) is 33.0 Å². The van der Waals surface area contributed by atoms with Crippen molar-refractivity contribution >= 4 is 11.0 Å². The van der Waals surface area contributed by atoms with Gasteiger partial charge in [-0.15, -0.1) is 0 Å². The van der Waals surface area contributed by atoms with Gasteiger partial charge in [0.15, 0.2) is 0 Å². The van der Waals surface area contributed by atoms with Crippen LogP contribution in [0.2, 0.25) is 0 Å². The molecule has 1 aromatic carbocycles. The molecule has 0 aliphatic carbocycles. The second-order valence-electron chi connectivity index (χ2n) is 5.93. The van der Waals surface area contributed by atoms with E-state index in [9.17, 15) is 0 Å². The second kappa shape index (κ2) is 6.87. The molecular formula is C18H23N5. The number of hydrogen-bond acceptors (Lipinski definition) is 4. The summed E-state index contributed by atoms with van der Waals surface area (Å²) in [5.74, 6) is 1.11. The molecule has 23 heavy (non-hydrogen) atoms. The van der Waals surface area contributed by atoms with Crippen LogP contribution >= 0.6 is 0 Å². The standard InChI is InChI=1S/C18H23N5/c1-4-23-17-8-6-5-7-16(17)21-18(23)13-22(3)14(2)11-15-12-19-9-10-20-15/h5-10,12,14H,4,11,13H2,1-3H3/t14-/m1/s1. The van der Waals surface area contributed by atoms with Crippen molar-refractivity contribution in [1.29, 1.82) is 0 Å². The van der Waals surface area contributed by atoms with Crippen molar-refractivity contribution in [2.75, 3.05) is 7.05 Å². The lowest BCUT2D eigenvalue weighted by Gasteiger charge is -2.24. The van der Waals surface area contributed by atoms with Gasteiger partial charge in [-0.2, -0.15) is 0 Å². The maximum atomic E-state index is 4.81. The lowest BCUT2D eigenvalue weighted by molar-refractivity contribution is 0.238. The molecule has 0 saturated carbocycles. The van der Waals surface area contributed by atoms with E-state index in [1.165, 1.54) is 5.52 Å². The van der Waals surface area contributed by atoms with Crippen molar-refractivity contribution in [2.45, 2.75) is 39.4 Å². The Labute approximate surface area is 137 Å². The number of fused-ring (bicyclic) bond motifs is 1. The molecule has 0 N–H and O–H groups in total. The van der Waals surface area contributed by atoms with E-state index in [4.69, 9.17) is 4.98 Å². The third kappa shape index (κ3) is 3.40. The highest BCUT2D eigenvalue weighted by atomic mass is 15.2. The first-order chi connectivity index (χ1) is 11.2. The minimum absolute atomic E-state index is 0.372. The van der Waals surface area contributed by atoms with Crippen molar-refractivity contribution in [3.05, 3.63) is 54.4 Å². The largest absolute Gasteiger partial charge is 0.327 e. The first-order valence-electron chi connectivity index (χ1n) is 8.08. The van der Waals surface area contributed by atoms with Crippen LogP contribution < -0.4 is 0 Å². The van der Waals surface area contributed by atoms with E-state index in [1.54, 1.807) is 12.4 Å². The molecule has 0 aliphatic rings. The topological polar surface area (TPSA) is 46.8 Å². The minimum atomic E-state index is 0.372. The van der Waals surface area contributed by atoms with Crippen LogP contribution in [0.4, 0.5) is 0 Å². The monoisotopic (exact) mass is 309 g/mol. The van der Waals surface area contributed by atoms with Crippen molar-refractivity contribution in [1.82, 2.24) is 24.4 Å². The summed E-state index contributed by atoms with van der Waals surface area (Å²) in [7, 11) is 2.14. The number of aryl methyl sites for hydroxylation is 1. The Hall–Kier alpha value is -2.27. The highest BCUT2D eigenvalue weighted by molar-refractivity contribution is 5.75. The van der Waals surface area contributed by atoms with E-state index in [0.717, 1.165) is 36.5 Å². The van der Waals surface area contributed by atoms with Crippen LogP contribution in [0.3, 0.4) is 0 Å². The van der Waals surface area contributed by atoms with Crippen LogP contribution in [0.15, 0.2) is 42.9 Å². The SMILES string of the molecule is CCn1c(CN(C)[C@H](C)Cc2cnccn2)nc2ccccc21. The first-order valence-corrected chi connectivity index (χ1v) is 8.08. The van der Waals surface area contributed by atoms with Crippen molar-refractivity contribution in [3.63, 3.8) is 0 Å². The minimum Gasteiger partial charge on any atom is -0.327 e. The summed E-state index contributed by atoms with van der Waals surface area (Å²) in [5.41, 5.74) is 3.30. The lowest BCUT2D eigenvalue weighted by atomic mass is 10.1. The van der Waals surface area contributed by atoms with E-state index in [0.29, 0.717) is 6.04 Å². The average molecular weight is 309 g/mol. The van der Waals surface area contributed by atoms with E-state index in [-0.39, 0.29) is 0 Å². The Morgan fingerprint density at radius 3 is 2.78 bits per heavy atom. The first kappa shape index (κ1) is 15.6. The molecule has 0 aliphatic heterocycles. The van der Waals surface area contributed by atoms with Gasteiger partial charge in [-0.25, -0.2) is 4.98 Å². The Morgan fingerprint density at radius 2 is 2.04 bits per heavy atom. The predicted molar refractivity (Wildman–Crippen MR) is 92.1 cm³/mol. The van der Waals surface area contributed by atoms with Gasteiger partial charge in [-0.1, -0.05) is 12.1 Å². The zero-order valence-corrected chi connectivity index (χ0v) is 14.0. The highest BCUT2D eigenvalue weighted by Gasteiger charge is 2.15. The van der Waals surface area contributed by atoms with E-state index < -0.39 is 0 Å². The van der Waals surface area contributed by atoms with Gasteiger partial charge in [0.2, 0.25) is 0 Å². The molecular weight excluding hydrogens is 286 g/mol. The molecule has 0 unspecified atom stereocenters. The van der Waals surface area contributed by atoms with Crippen molar-refractivity contribution < 1.29 is 0 Å². The highest BCUT2D eigenvalue weighted by Crippen LogP contribution is 2.18. The number of imidazole rings is 1. The van der Waals surface area contributed by atoms with Crippen LogP contribution in [-0.2, 0) is 19.5 Å². The molecule has 0 bridgehead atoms. The third-order valence-corrected chi connectivity index (χ3v) is 4.31. The molecule has 3 aromatic rings. The number of benzene rings is 1. The molecule has 0 saturated heterocycles. The molecule has 0 spiro atoms. The molecule has 5 nitrogen and oxygen atoms in total. The molecule has 1 atom stereocenters. The Morgan fingerprint density at radius 1 is 1.22 bits per heavy atom. The number of hydrogen-bond donors (Lipinski definition) is 0. The summed E-state index contributed by atoms with van der Waals surface area (Å²) >= 11 is 0. The fourth-order valence-corrected chi connectivity index (χ4v) is 2.87. The zero-order valence-electron chi connectivity index (χ0n) is 14.0. The van der Waals surface area contributed by atoms with E-state index in [1.807, 2.05) is 12.3 Å². The smallest absolute Gasteiger partial charge is 0.124 e. The number of aromatic nitrogens is 4. The molecule has 0 amide bonds. The lowest BCUT2D eigenvalue weighted by Crippen LogP contribution is -2.31. The van der Waals surface area contributed by atoms with Crippen LogP contribution in [0.1, 0.15) is 25.4 Å². The Bertz CT molecular complexity index is 765. The maximum absolute atomic E-state index is 4.81. The fourth-order valence-electron chi connectivity index (χ4n) is 2.87. The van der Waals surface area contributed by atoms with Gasteiger partial charge in [0.05, 0.1) is 23.3 Å². The van der Waals surface area contributed by atoms with Crippen LogP contribution in [0.5, 0.6) is 0 Å². The Balaban J connectivity index is 1.75. The molecule has 0 radical (unpaired) electrons. The summed E-state index contributed by atoms with van der Waals surface area (Å²) in [6.07, 6.45) is 6.18. The fraction of sp³-hybridized carbons (Fsp3) is 0.389. The summed E-state index contributed by atoms with van der Waals surface area (Å²) < 4.78 is 2.29. The van der Waals surface area contributed by atoms with Gasteiger partial charge < -0.3 is 4.57 Å². The summed E-state index contributed by atoms with van der Waals surface area (Å²) in [4.78, 5) is 15.6. The molecule has 5 heteroatoms. The summed E-state index contributed by atoms with van der Waals surface area (Å²) in [6.45, 7) is 6.14. The second-order valence-corrected chi connectivity index (χ2v) is 5.93. The van der Waals surface area contributed by atoms with E-state index >= 15 is 0 Å². The average Bonchev–Trinajstić information content (AvgIpc) is 2.92. The number of nitrogens with zero attached hydrogens (tertiary/aromatic N) is 5. The van der Waals surface area contributed by atoms with Gasteiger partial charge in [0, 0.05) is 37.6 Å². The molecule has 2 aromatic heterocycles. The quantitative estimate of drug-likeness (QED) is 0.702. The van der Waals surface area contributed by atoms with Crippen LogP contribution in [0.25, 0.3) is 11.0 Å². The summed E-state index contributed by atoms with van der Waals surface area (Å²) in [5, 5.41) is 0. The van der Waals surface area contributed by atoms with Gasteiger partial charge in [0.25, 0.3) is 0 Å². The number of para-hydroxylation sites is 2.